The standard InChI is InChI=1S/C28H37N3O2/c1-3-33-23-16-14-21(15-17-23)27-20-25(24-12-7-8-13-26(24)30-27)28(32)29-18-9-19-31(2)22-10-5-4-6-11-22/h7-8,12,14-17,20,22,26H,3-6,9-11,13,18-19H2,1-2H3,(H,29,32). The molecule has 1 aromatic rings. The molecule has 1 aromatic carbocycles. The van der Waals surface area contributed by atoms with Crippen LogP contribution in [0.5, 0.6) is 5.75 Å². The number of allylic oxidation sites excluding steroid dienone is 3. The Bertz CT molecular complexity index is 936. The van der Waals surface area contributed by atoms with Crippen molar-refractivity contribution in [1.82, 2.24) is 10.2 Å². The van der Waals surface area contributed by atoms with E-state index in [9.17, 15) is 4.79 Å². The summed E-state index contributed by atoms with van der Waals surface area (Å²) in [4.78, 5) is 20.6. The highest BCUT2D eigenvalue weighted by molar-refractivity contribution is 6.15. The normalized spacial score (nSPS) is 20.6. The molecule has 1 fully saturated rings. The molecule has 0 bridgehead atoms. The topological polar surface area (TPSA) is 53.9 Å². The number of carbonyl (C=O) groups is 1. The van der Waals surface area contributed by atoms with Gasteiger partial charge in [0.1, 0.15) is 5.75 Å². The molecule has 5 nitrogen and oxygen atoms in total. The second kappa shape index (κ2) is 11.5. The molecular formula is C28H37N3O2. The Morgan fingerprint density at radius 2 is 1.97 bits per heavy atom. The van der Waals surface area contributed by atoms with Gasteiger partial charge in [0.15, 0.2) is 0 Å². The number of hydrogen-bond donors (Lipinski definition) is 1. The van der Waals surface area contributed by atoms with Crippen molar-refractivity contribution in [2.24, 2.45) is 4.99 Å². The summed E-state index contributed by atoms with van der Waals surface area (Å²) in [7, 11) is 2.23. The molecule has 176 valence electrons. The third-order valence-corrected chi connectivity index (χ3v) is 6.89. The summed E-state index contributed by atoms with van der Waals surface area (Å²) in [5, 5.41) is 3.17. The molecule has 0 spiro atoms. The summed E-state index contributed by atoms with van der Waals surface area (Å²) >= 11 is 0. The van der Waals surface area contributed by atoms with Crippen LogP contribution in [0.2, 0.25) is 0 Å². The SMILES string of the molecule is CCOc1ccc(C2=NC3CC=CC=C3C(C(=O)NCCCN(C)C3CCCCC3)=C2)cc1. The van der Waals surface area contributed by atoms with Gasteiger partial charge in [0.05, 0.1) is 18.4 Å². The molecule has 0 aromatic heterocycles. The third kappa shape index (κ3) is 6.02. The molecule has 1 unspecified atom stereocenters. The summed E-state index contributed by atoms with van der Waals surface area (Å²) in [6.45, 7) is 4.34. The minimum absolute atomic E-state index is 0.000191. The molecule has 33 heavy (non-hydrogen) atoms. The average molecular weight is 448 g/mol. The molecule has 2 aliphatic carbocycles. The van der Waals surface area contributed by atoms with Gasteiger partial charge in [-0.15, -0.1) is 0 Å². The van der Waals surface area contributed by atoms with Crippen LogP contribution in [0.3, 0.4) is 0 Å². The van der Waals surface area contributed by atoms with E-state index >= 15 is 0 Å². The van der Waals surface area contributed by atoms with Crippen LogP contribution in [0.25, 0.3) is 0 Å². The molecule has 4 rings (SSSR count). The van der Waals surface area contributed by atoms with Gasteiger partial charge in [-0.05, 0) is 87.7 Å². The van der Waals surface area contributed by atoms with Crippen molar-refractivity contribution in [3.63, 3.8) is 0 Å². The second-order valence-corrected chi connectivity index (χ2v) is 9.21. The van der Waals surface area contributed by atoms with Crippen LogP contribution in [0, 0.1) is 0 Å². The van der Waals surface area contributed by atoms with Gasteiger partial charge < -0.3 is 15.0 Å². The predicted octanol–water partition coefficient (Wildman–Crippen LogP) is 4.84. The van der Waals surface area contributed by atoms with Gasteiger partial charge in [-0.3, -0.25) is 9.79 Å². The van der Waals surface area contributed by atoms with Gasteiger partial charge >= 0.3 is 0 Å². The number of fused-ring (bicyclic) bond motifs is 1. The molecule has 0 saturated heterocycles. The first-order valence-electron chi connectivity index (χ1n) is 12.5. The Morgan fingerprint density at radius 3 is 2.73 bits per heavy atom. The van der Waals surface area contributed by atoms with Crippen molar-refractivity contribution < 1.29 is 9.53 Å². The lowest BCUT2D eigenvalue weighted by Gasteiger charge is -2.31. The highest BCUT2D eigenvalue weighted by Crippen LogP contribution is 2.29. The van der Waals surface area contributed by atoms with Crippen molar-refractivity contribution in [3.8, 4) is 5.75 Å². The van der Waals surface area contributed by atoms with E-state index in [0.29, 0.717) is 19.2 Å². The molecule has 1 aliphatic heterocycles. The summed E-state index contributed by atoms with van der Waals surface area (Å²) in [5.74, 6) is 0.846. The van der Waals surface area contributed by atoms with Gasteiger partial charge in [-0.25, -0.2) is 0 Å². The van der Waals surface area contributed by atoms with E-state index in [2.05, 4.69) is 23.3 Å². The van der Waals surface area contributed by atoms with Crippen LogP contribution in [0.1, 0.15) is 57.4 Å². The largest absolute Gasteiger partial charge is 0.494 e. The van der Waals surface area contributed by atoms with Gasteiger partial charge in [0.25, 0.3) is 5.91 Å². The Balaban J connectivity index is 1.39. The summed E-state index contributed by atoms with van der Waals surface area (Å²) in [6.07, 6.45) is 16.6. The van der Waals surface area contributed by atoms with Crippen molar-refractivity contribution >= 4 is 11.6 Å². The third-order valence-electron chi connectivity index (χ3n) is 6.89. The maximum Gasteiger partial charge on any atom is 0.251 e. The number of rotatable bonds is 9. The minimum atomic E-state index is -0.000229. The molecule has 1 atom stereocenters. The molecule has 1 heterocycles. The maximum absolute atomic E-state index is 13.2. The number of nitrogens with one attached hydrogen (secondary N) is 1. The summed E-state index contributed by atoms with van der Waals surface area (Å²) in [5.41, 5.74) is 3.62. The van der Waals surface area contributed by atoms with Crippen LogP contribution in [-0.4, -0.2) is 55.3 Å². The molecule has 5 heteroatoms. The predicted molar refractivity (Wildman–Crippen MR) is 135 cm³/mol. The van der Waals surface area contributed by atoms with Crippen LogP contribution in [0.4, 0.5) is 0 Å². The molecule has 1 amide bonds. The van der Waals surface area contributed by atoms with E-state index in [0.717, 1.165) is 47.6 Å². The van der Waals surface area contributed by atoms with Gasteiger partial charge in [-0.1, -0.05) is 37.5 Å². The minimum Gasteiger partial charge on any atom is -0.494 e. The van der Waals surface area contributed by atoms with E-state index in [1.807, 2.05) is 49.4 Å². The van der Waals surface area contributed by atoms with Crippen LogP contribution in [-0.2, 0) is 4.79 Å². The number of aliphatic imine (C=N–C) groups is 1. The van der Waals surface area contributed by atoms with E-state index in [1.54, 1.807) is 0 Å². The molecule has 3 aliphatic rings. The summed E-state index contributed by atoms with van der Waals surface area (Å²) in [6, 6.07) is 8.67. The van der Waals surface area contributed by atoms with Crippen molar-refractivity contribution in [1.29, 1.82) is 0 Å². The van der Waals surface area contributed by atoms with Gasteiger partial charge in [-0.2, -0.15) is 0 Å². The zero-order valence-electron chi connectivity index (χ0n) is 20.1. The monoisotopic (exact) mass is 447 g/mol. The van der Waals surface area contributed by atoms with E-state index < -0.39 is 0 Å². The van der Waals surface area contributed by atoms with E-state index in [-0.39, 0.29) is 11.9 Å². The Kier molecular flexibility index (Phi) is 8.16. The number of dihydropyridines is 1. The smallest absolute Gasteiger partial charge is 0.251 e. The maximum atomic E-state index is 13.2. The van der Waals surface area contributed by atoms with Crippen molar-refractivity contribution in [3.05, 3.63) is 65.3 Å². The highest BCUT2D eigenvalue weighted by atomic mass is 16.5. The molecule has 0 radical (unpaired) electrons. The van der Waals surface area contributed by atoms with Crippen molar-refractivity contribution in [2.45, 2.75) is 64.0 Å². The fraction of sp³-hybridized carbons (Fsp3) is 0.500. The van der Waals surface area contributed by atoms with Crippen LogP contribution < -0.4 is 10.1 Å². The van der Waals surface area contributed by atoms with E-state index in [1.165, 1.54) is 32.1 Å². The first-order valence-corrected chi connectivity index (χ1v) is 12.5. The number of hydrogen-bond acceptors (Lipinski definition) is 4. The fourth-order valence-corrected chi connectivity index (χ4v) is 5.01. The lowest BCUT2D eigenvalue weighted by Crippen LogP contribution is -2.36. The zero-order chi connectivity index (χ0) is 23.0. The first kappa shape index (κ1) is 23.5. The zero-order valence-corrected chi connectivity index (χ0v) is 20.1. The Labute approximate surface area is 198 Å². The number of carbonyl (C=O) groups excluding carboxylic acids is 1. The summed E-state index contributed by atoms with van der Waals surface area (Å²) < 4.78 is 5.56. The average Bonchev–Trinajstić information content (AvgIpc) is 2.87. The van der Waals surface area contributed by atoms with Crippen molar-refractivity contribution in [2.75, 3.05) is 26.7 Å². The number of nitrogens with zero attached hydrogens (tertiary/aromatic N) is 2. The Hall–Kier alpha value is -2.66. The second-order valence-electron chi connectivity index (χ2n) is 9.21. The number of amides is 1. The van der Waals surface area contributed by atoms with Gasteiger partial charge in [0, 0.05) is 18.2 Å². The van der Waals surface area contributed by atoms with Crippen LogP contribution in [0.15, 0.2) is 64.7 Å². The van der Waals surface area contributed by atoms with Gasteiger partial charge in [0.2, 0.25) is 0 Å². The lowest BCUT2D eigenvalue weighted by atomic mass is 9.87. The Morgan fingerprint density at radius 1 is 1.18 bits per heavy atom. The van der Waals surface area contributed by atoms with E-state index in [4.69, 9.17) is 9.73 Å². The number of ether oxygens (including phenoxy) is 1. The lowest BCUT2D eigenvalue weighted by molar-refractivity contribution is -0.117. The number of benzene rings is 1. The fourth-order valence-electron chi connectivity index (χ4n) is 5.01. The molecule has 1 saturated carbocycles. The highest BCUT2D eigenvalue weighted by Gasteiger charge is 2.27. The molecular weight excluding hydrogens is 410 g/mol. The first-order chi connectivity index (χ1) is 16.2. The molecule has 1 N–H and O–H groups in total. The quantitative estimate of drug-likeness (QED) is 0.551. The van der Waals surface area contributed by atoms with Crippen LogP contribution >= 0.6 is 0 Å².